The number of ether oxygens (including phenoxy) is 1. The standard InChI is InChI=1S/C6H11NO/c1-4-8-6-5-7(2)3/h4-6H,1H2,2-3H3/b6-5-. The molecule has 0 aliphatic carbocycles. The highest BCUT2D eigenvalue weighted by Gasteiger charge is 1.71. The van der Waals surface area contributed by atoms with Crippen molar-refractivity contribution in [2.45, 2.75) is 0 Å². The molecule has 0 rings (SSSR count). The van der Waals surface area contributed by atoms with Crippen molar-refractivity contribution in [3.63, 3.8) is 0 Å². The molecule has 0 N–H and O–H groups in total. The van der Waals surface area contributed by atoms with E-state index in [1.807, 2.05) is 19.0 Å². The second-order valence-corrected chi connectivity index (χ2v) is 1.55. The zero-order valence-corrected chi connectivity index (χ0v) is 5.29. The number of hydrogen-bond acceptors (Lipinski definition) is 2. The fraction of sp³-hybridized carbons (Fsp3) is 0.333. The maximum absolute atomic E-state index is 4.69. The van der Waals surface area contributed by atoms with Crippen LogP contribution in [0.25, 0.3) is 0 Å². The molecule has 0 atom stereocenters. The van der Waals surface area contributed by atoms with Crippen LogP contribution in [0.5, 0.6) is 0 Å². The largest absolute Gasteiger partial charge is 0.472 e. The summed E-state index contributed by atoms with van der Waals surface area (Å²) >= 11 is 0. The molecule has 0 aliphatic heterocycles. The van der Waals surface area contributed by atoms with Gasteiger partial charge in [-0.05, 0) is 0 Å². The predicted octanol–water partition coefficient (Wildman–Crippen LogP) is 1.18. The normalized spacial score (nSPS) is 9.25. The van der Waals surface area contributed by atoms with Crippen molar-refractivity contribution < 1.29 is 4.74 Å². The highest BCUT2D eigenvalue weighted by molar-refractivity contribution is 4.71. The molecule has 2 nitrogen and oxygen atoms in total. The first-order chi connectivity index (χ1) is 3.77. The fourth-order valence-corrected chi connectivity index (χ4v) is 0.212. The van der Waals surface area contributed by atoms with E-state index in [-0.39, 0.29) is 0 Å². The number of nitrogens with zero attached hydrogens (tertiary/aromatic N) is 1. The SMILES string of the molecule is C=CO/C=C\N(C)C. The van der Waals surface area contributed by atoms with Gasteiger partial charge in [0.2, 0.25) is 0 Å². The van der Waals surface area contributed by atoms with E-state index in [0.717, 1.165) is 0 Å². The van der Waals surface area contributed by atoms with Crippen molar-refractivity contribution in [1.82, 2.24) is 4.90 Å². The first-order valence-corrected chi connectivity index (χ1v) is 2.37. The molecule has 0 saturated heterocycles. The third-order valence-corrected chi connectivity index (χ3v) is 0.534. The smallest absolute Gasteiger partial charge is 0.106 e. The lowest BCUT2D eigenvalue weighted by molar-refractivity contribution is 0.389. The quantitative estimate of drug-likeness (QED) is 0.509. The maximum atomic E-state index is 4.69. The van der Waals surface area contributed by atoms with Gasteiger partial charge in [0, 0.05) is 20.3 Å². The molecule has 0 fully saturated rings. The monoisotopic (exact) mass is 113 g/mol. The van der Waals surface area contributed by atoms with Crippen LogP contribution in [0.1, 0.15) is 0 Å². The molecule has 0 heterocycles. The minimum absolute atomic E-state index is 1.38. The van der Waals surface area contributed by atoms with E-state index in [1.54, 1.807) is 12.5 Å². The van der Waals surface area contributed by atoms with Gasteiger partial charge in [-0.2, -0.15) is 0 Å². The van der Waals surface area contributed by atoms with E-state index in [2.05, 4.69) is 11.3 Å². The van der Waals surface area contributed by atoms with Gasteiger partial charge in [-0.25, -0.2) is 0 Å². The van der Waals surface area contributed by atoms with Gasteiger partial charge in [-0.1, -0.05) is 6.58 Å². The molecule has 0 aromatic heterocycles. The van der Waals surface area contributed by atoms with Crippen LogP contribution in [0, 0.1) is 0 Å². The Bertz CT molecular complexity index is 86.5. The maximum Gasteiger partial charge on any atom is 0.106 e. The molecular weight excluding hydrogens is 102 g/mol. The first kappa shape index (κ1) is 7.08. The van der Waals surface area contributed by atoms with Crippen LogP contribution < -0.4 is 0 Å². The van der Waals surface area contributed by atoms with Crippen LogP contribution in [-0.4, -0.2) is 19.0 Å². The summed E-state index contributed by atoms with van der Waals surface area (Å²) in [5.41, 5.74) is 0. The first-order valence-electron chi connectivity index (χ1n) is 2.37. The molecular formula is C6H11NO. The minimum atomic E-state index is 1.38. The molecule has 0 unspecified atom stereocenters. The Morgan fingerprint density at radius 1 is 1.50 bits per heavy atom. The van der Waals surface area contributed by atoms with Crippen LogP contribution in [-0.2, 0) is 4.74 Å². The summed E-state index contributed by atoms with van der Waals surface area (Å²) in [4.78, 5) is 1.88. The Labute approximate surface area is 50.1 Å². The molecule has 2 heteroatoms. The zero-order valence-electron chi connectivity index (χ0n) is 5.29. The van der Waals surface area contributed by atoms with Crippen molar-refractivity contribution in [3.05, 3.63) is 25.3 Å². The van der Waals surface area contributed by atoms with Crippen LogP contribution in [0.2, 0.25) is 0 Å². The predicted molar refractivity (Wildman–Crippen MR) is 34.1 cm³/mol. The van der Waals surface area contributed by atoms with Gasteiger partial charge in [-0.15, -0.1) is 0 Å². The summed E-state index contributed by atoms with van der Waals surface area (Å²) in [5.74, 6) is 0. The molecule has 0 radical (unpaired) electrons. The van der Waals surface area contributed by atoms with E-state index in [4.69, 9.17) is 0 Å². The van der Waals surface area contributed by atoms with Crippen LogP contribution in [0.3, 0.4) is 0 Å². The highest BCUT2D eigenvalue weighted by Crippen LogP contribution is 1.78. The topological polar surface area (TPSA) is 12.5 Å². The second kappa shape index (κ2) is 4.24. The van der Waals surface area contributed by atoms with Crippen LogP contribution in [0.15, 0.2) is 25.3 Å². The lowest BCUT2D eigenvalue weighted by Gasteiger charge is -2.00. The lowest BCUT2D eigenvalue weighted by atomic mass is 10.8. The summed E-state index contributed by atoms with van der Waals surface area (Å²) in [5, 5.41) is 0. The van der Waals surface area contributed by atoms with Crippen molar-refractivity contribution in [1.29, 1.82) is 0 Å². The third-order valence-electron chi connectivity index (χ3n) is 0.534. The average Bonchev–Trinajstić information content (AvgIpc) is 1.66. The molecule has 8 heavy (non-hydrogen) atoms. The Balaban J connectivity index is 3.19. The van der Waals surface area contributed by atoms with Gasteiger partial charge in [0.25, 0.3) is 0 Å². The van der Waals surface area contributed by atoms with Gasteiger partial charge in [-0.3, -0.25) is 0 Å². The van der Waals surface area contributed by atoms with Gasteiger partial charge >= 0.3 is 0 Å². The Morgan fingerprint density at radius 3 is 2.50 bits per heavy atom. The Morgan fingerprint density at radius 2 is 2.12 bits per heavy atom. The van der Waals surface area contributed by atoms with Crippen molar-refractivity contribution in [2.24, 2.45) is 0 Å². The van der Waals surface area contributed by atoms with E-state index in [1.165, 1.54) is 6.26 Å². The molecule has 0 aliphatic rings. The molecule has 0 aromatic rings. The lowest BCUT2D eigenvalue weighted by Crippen LogP contribution is -1.99. The zero-order chi connectivity index (χ0) is 6.41. The van der Waals surface area contributed by atoms with E-state index in [9.17, 15) is 0 Å². The molecule has 0 spiro atoms. The number of rotatable bonds is 3. The fourth-order valence-electron chi connectivity index (χ4n) is 0.212. The molecule has 0 aromatic carbocycles. The van der Waals surface area contributed by atoms with Crippen molar-refractivity contribution >= 4 is 0 Å². The molecule has 0 saturated carbocycles. The molecule has 0 amide bonds. The minimum Gasteiger partial charge on any atom is -0.472 e. The third kappa shape index (κ3) is 5.08. The second-order valence-electron chi connectivity index (χ2n) is 1.55. The summed E-state index contributed by atoms with van der Waals surface area (Å²) in [7, 11) is 3.84. The van der Waals surface area contributed by atoms with Gasteiger partial charge in [0.15, 0.2) is 0 Å². The molecule has 0 bridgehead atoms. The number of hydrogen-bond donors (Lipinski definition) is 0. The van der Waals surface area contributed by atoms with Crippen molar-refractivity contribution in [2.75, 3.05) is 14.1 Å². The summed E-state index contributed by atoms with van der Waals surface area (Å²) in [6.07, 6.45) is 4.73. The molecule has 46 valence electrons. The van der Waals surface area contributed by atoms with Gasteiger partial charge in [0.05, 0.1) is 6.26 Å². The highest BCUT2D eigenvalue weighted by atomic mass is 16.5. The van der Waals surface area contributed by atoms with E-state index in [0.29, 0.717) is 0 Å². The van der Waals surface area contributed by atoms with E-state index < -0.39 is 0 Å². The Kier molecular flexibility index (Phi) is 3.76. The summed E-state index contributed by atoms with van der Waals surface area (Å²) in [6.45, 7) is 3.37. The average molecular weight is 113 g/mol. The van der Waals surface area contributed by atoms with Gasteiger partial charge < -0.3 is 9.64 Å². The van der Waals surface area contributed by atoms with Crippen LogP contribution >= 0.6 is 0 Å². The summed E-state index contributed by atoms with van der Waals surface area (Å²) in [6, 6.07) is 0. The Hall–Kier alpha value is -0.920. The van der Waals surface area contributed by atoms with E-state index >= 15 is 0 Å². The van der Waals surface area contributed by atoms with Crippen LogP contribution in [0.4, 0.5) is 0 Å². The summed E-state index contributed by atoms with van der Waals surface area (Å²) < 4.78 is 4.69. The van der Waals surface area contributed by atoms with Gasteiger partial charge in [0.1, 0.15) is 6.26 Å². The van der Waals surface area contributed by atoms with Crippen molar-refractivity contribution in [3.8, 4) is 0 Å².